The van der Waals surface area contributed by atoms with Crippen LogP contribution in [0.2, 0.25) is 0 Å². The van der Waals surface area contributed by atoms with Gasteiger partial charge in [0.15, 0.2) is 0 Å². The fourth-order valence-electron chi connectivity index (χ4n) is 0.924. The number of ether oxygens (including phenoxy) is 1. The van der Waals surface area contributed by atoms with E-state index in [9.17, 15) is 4.21 Å². The van der Waals surface area contributed by atoms with Crippen molar-refractivity contribution < 1.29 is 8.95 Å². The second-order valence-electron chi connectivity index (χ2n) is 3.11. The van der Waals surface area contributed by atoms with Gasteiger partial charge < -0.3 is 10.1 Å². The largest absolute Gasteiger partial charge is 0.467 e. The van der Waals surface area contributed by atoms with Crippen LogP contribution < -0.4 is 14.8 Å². The Morgan fingerprint density at radius 3 is 2.50 bits per heavy atom. The van der Waals surface area contributed by atoms with Crippen LogP contribution in [0.25, 0.3) is 0 Å². The molecule has 0 aromatic carbocycles. The molecule has 0 aliphatic carbocycles. The molecular weight excluding hydrogens is 230 g/mol. The molecule has 0 bridgehead atoms. The summed E-state index contributed by atoms with van der Waals surface area (Å²) in [5, 5.41) is 2.91. The van der Waals surface area contributed by atoms with E-state index in [0.29, 0.717) is 12.5 Å². The van der Waals surface area contributed by atoms with Gasteiger partial charge >= 0.3 is 6.01 Å². The smallest absolute Gasteiger partial charge is 0.322 e. The molecule has 0 saturated carbocycles. The average Bonchev–Trinajstić information content (AvgIpc) is 2.15. The topological polar surface area (TPSA) is 89.0 Å². The molecule has 1 rings (SSSR count). The van der Waals surface area contributed by atoms with Gasteiger partial charge in [0.05, 0.1) is 7.11 Å². The Kier molecular flexibility index (Phi) is 3.88. The highest BCUT2D eigenvalue weighted by Gasteiger charge is 2.07. The molecule has 1 atom stereocenters. The maximum Gasteiger partial charge on any atom is 0.322 e. The predicted molar refractivity (Wildman–Crippen MR) is 65.4 cm³/mol. The van der Waals surface area contributed by atoms with Crippen molar-refractivity contribution in [3.63, 3.8) is 0 Å². The lowest BCUT2D eigenvalue weighted by Crippen LogP contribution is -2.14. The van der Waals surface area contributed by atoms with Crippen molar-refractivity contribution in [2.24, 2.45) is 0 Å². The van der Waals surface area contributed by atoms with Crippen molar-refractivity contribution in [3.05, 3.63) is 0 Å². The summed E-state index contributed by atoms with van der Waals surface area (Å²) in [6.45, 7) is 2.58. The molecule has 0 amide bonds. The number of nitrogens with one attached hydrogen (secondary N) is 2. The highest BCUT2D eigenvalue weighted by molar-refractivity contribution is 8.00. The molecule has 0 saturated heterocycles. The molecule has 90 valence electrons. The predicted octanol–water partition coefficient (Wildman–Crippen LogP) is -0.0149. The summed E-state index contributed by atoms with van der Waals surface area (Å²) in [5.41, 5.74) is 0. The van der Waals surface area contributed by atoms with Gasteiger partial charge in [0.25, 0.3) is 0 Å². The van der Waals surface area contributed by atoms with Crippen LogP contribution >= 0.6 is 0 Å². The van der Waals surface area contributed by atoms with Crippen molar-refractivity contribution in [1.82, 2.24) is 15.0 Å². The summed E-state index contributed by atoms with van der Waals surface area (Å²) in [5.74, 6) is 3.99. The maximum atomic E-state index is 11.4. The van der Waals surface area contributed by atoms with Crippen LogP contribution in [0.5, 0.6) is 6.01 Å². The van der Waals surface area contributed by atoms with Gasteiger partial charge in [0.2, 0.25) is 11.9 Å². The first-order valence-electron chi connectivity index (χ1n) is 4.58. The quantitative estimate of drug-likeness (QED) is 0.709. The minimum atomic E-state index is -2.42. The van der Waals surface area contributed by atoms with Crippen LogP contribution in [0.3, 0.4) is 0 Å². The number of nitrogens with zero attached hydrogens (tertiary/aromatic N) is 3. The fourth-order valence-corrected chi connectivity index (χ4v) is 1.40. The van der Waals surface area contributed by atoms with Crippen molar-refractivity contribution in [3.8, 4) is 6.01 Å². The van der Waals surface area contributed by atoms with Crippen molar-refractivity contribution >= 4 is 27.5 Å². The normalized spacial score (nSPS) is 13.9. The van der Waals surface area contributed by atoms with E-state index < -0.39 is 9.71 Å². The Morgan fingerprint density at radius 1 is 1.38 bits per heavy atom. The number of aromatic nitrogens is 3. The minimum Gasteiger partial charge on any atom is -0.467 e. The first kappa shape index (κ1) is 12.5. The molecule has 0 aliphatic rings. The maximum absolute atomic E-state index is 11.4. The number of rotatable bonds is 5. The molecule has 0 aliphatic heterocycles. The van der Waals surface area contributed by atoms with E-state index >= 15 is 0 Å². The van der Waals surface area contributed by atoms with Crippen LogP contribution in [0, 0.1) is 0 Å². The number of methoxy groups -OCH3 is 1. The highest BCUT2D eigenvalue weighted by atomic mass is 32.2. The SMILES string of the molecule is C=S(C)(=O)Nc1nc(NCC)nc(OC)n1. The summed E-state index contributed by atoms with van der Waals surface area (Å²) >= 11 is 0. The summed E-state index contributed by atoms with van der Waals surface area (Å²) in [7, 11) is -0.973. The van der Waals surface area contributed by atoms with Crippen molar-refractivity contribution in [1.29, 1.82) is 0 Å². The third-order valence-electron chi connectivity index (χ3n) is 1.44. The van der Waals surface area contributed by atoms with Crippen molar-refractivity contribution in [2.75, 3.05) is 29.9 Å². The summed E-state index contributed by atoms with van der Waals surface area (Å²) < 4.78 is 18.9. The molecule has 7 nitrogen and oxygen atoms in total. The standard InChI is InChI=1S/C8H15N5O2S/c1-5-9-6-10-7(13-16(3,4)14)12-8(11-6)15-2/h3,5H2,1-2,4H3,(H2,9,10,11,12,13,14). The van der Waals surface area contributed by atoms with Crippen molar-refractivity contribution in [2.45, 2.75) is 6.92 Å². The van der Waals surface area contributed by atoms with E-state index in [1.165, 1.54) is 13.4 Å². The average molecular weight is 245 g/mol. The van der Waals surface area contributed by atoms with Crippen LogP contribution in [0.15, 0.2) is 0 Å². The Labute approximate surface area is 94.8 Å². The van der Waals surface area contributed by atoms with Gasteiger partial charge in [0, 0.05) is 22.5 Å². The Hall–Kier alpha value is -1.57. The van der Waals surface area contributed by atoms with E-state index in [-0.39, 0.29) is 12.0 Å². The molecule has 1 heterocycles. The fraction of sp³-hybridized carbons (Fsp3) is 0.500. The molecule has 2 N–H and O–H groups in total. The molecule has 0 spiro atoms. The molecular formula is C8H15N5O2S. The van der Waals surface area contributed by atoms with E-state index in [0.717, 1.165) is 0 Å². The zero-order valence-corrected chi connectivity index (χ0v) is 10.3. The molecule has 1 unspecified atom stereocenters. The first-order valence-corrected chi connectivity index (χ1v) is 6.72. The van der Waals surface area contributed by atoms with Crippen LogP contribution in [-0.4, -0.2) is 44.9 Å². The Balaban J connectivity index is 3.04. The van der Waals surface area contributed by atoms with E-state index in [1.54, 1.807) is 0 Å². The van der Waals surface area contributed by atoms with Crippen LogP contribution in [-0.2, 0) is 9.71 Å². The van der Waals surface area contributed by atoms with Gasteiger partial charge in [-0.1, -0.05) is 0 Å². The molecule has 0 radical (unpaired) electrons. The highest BCUT2D eigenvalue weighted by Crippen LogP contribution is 2.11. The van der Waals surface area contributed by atoms with Gasteiger partial charge in [-0.2, -0.15) is 15.0 Å². The van der Waals surface area contributed by atoms with Gasteiger partial charge in [-0.05, 0) is 12.8 Å². The minimum absolute atomic E-state index is 0.150. The third-order valence-corrected chi connectivity index (χ3v) is 2.05. The Morgan fingerprint density at radius 2 is 2.00 bits per heavy atom. The second kappa shape index (κ2) is 4.97. The third kappa shape index (κ3) is 3.89. The van der Waals surface area contributed by atoms with E-state index in [2.05, 4.69) is 30.9 Å². The lowest BCUT2D eigenvalue weighted by Gasteiger charge is -2.08. The molecule has 1 aromatic heterocycles. The van der Waals surface area contributed by atoms with Gasteiger partial charge in [0.1, 0.15) is 0 Å². The van der Waals surface area contributed by atoms with Crippen LogP contribution in [0.1, 0.15) is 6.92 Å². The van der Waals surface area contributed by atoms with E-state index in [4.69, 9.17) is 4.74 Å². The number of hydrogen-bond acceptors (Lipinski definition) is 6. The zero-order valence-electron chi connectivity index (χ0n) is 9.48. The van der Waals surface area contributed by atoms with Gasteiger partial charge in [-0.3, -0.25) is 4.72 Å². The lowest BCUT2D eigenvalue weighted by atomic mass is 10.7. The molecule has 1 aromatic rings. The summed E-state index contributed by atoms with van der Waals surface area (Å²) in [4.78, 5) is 11.9. The molecule has 0 fully saturated rings. The first-order chi connectivity index (χ1) is 7.44. The van der Waals surface area contributed by atoms with Crippen LogP contribution in [0.4, 0.5) is 11.9 Å². The molecule has 8 heteroatoms. The molecule has 16 heavy (non-hydrogen) atoms. The Bertz CT molecular complexity index is 459. The summed E-state index contributed by atoms with van der Waals surface area (Å²) in [6, 6.07) is 0.150. The monoisotopic (exact) mass is 245 g/mol. The van der Waals surface area contributed by atoms with Gasteiger partial charge in [-0.15, -0.1) is 0 Å². The number of anilines is 2. The zero-order chi connectivity index (χ0) is 12.2. The summed E-state index contributed by atoms with van der Waals surface area (Å²) in [6.07, 6.45) is 1.45. The second-order valence-corrected chi connectivity index (χ2v) is 5.32. The van der Waals surface area contributed by atoms with E-state index in [1.807, 2.05) is 6.92 Å². The lowest BCUT2D eigenvalue weighted by molar-refractivity contribution is 0.379. The van der Waals surface area contributed by atoms with Gasteiger partial charge in [-0.25, -0.2) is 4.21 Å². The number of hydrogen-bond donors (Lipinski definition) is 2.